The summed E-state index contributed by atoms with van der Waals surface area (Å²) < 4.78 is 11.0. The molecule has 4 heteroatoms. The topological polar surface area (TPSA) is 31.4 Å². The normalized spacial score (nSPS) is 14.2. The molecule has 1 fully saturated rings. The maximum absolute atomic E-state index is 5.66. The van der Waals surface area contributed by atoms with Gasteiger partial charge in [-0.25, -0.2) is 4.98 Å². The predicted octanol–water partition coefficient (Wildman–Crippen LogP) is 6.81. The first-order chi connectivity index (χ1) is 15.6. The van der Waals surface area contributed by atoms with E-state index in [0.29, 0.717) is 0 Å². The highest BCUT2D eigenvalue weighted by molar-refractivity contribution is 7.12. The predicted molar refractivity (Wildman–Crippen MR) is 131 cm³/mol. The van der Waals surface area contributed by atoms with Crippen LogP contribution in [0.3, 0.4) is 0 Å². The Morgan fingerprint density at radius 1 is 0.906 bits per heavy atom. The van der Waals surface area contributed by atoms with E-state index in [-0.39, 0.29) is 5.41 Å². The van der Waals surface area contributed by atoms with Gasteiger partial charge in [-0.05, 0) is 55.0 Å². The molecule has 0 bridgehead atoms. The minimum Gasteiger partial charge on any atom is -0.497 e. The average molecular weight is 442 g/mol. The summed E-state index contributed by atoms with van der Waals surface area (Å²) in [7, 11) is 3.37. The molecule has 0 radical (unpaired) electrons. The summed E-state index contributed by atoms with van der Waals surface area (Å²) in [6, 6.07) is 25.6. The van der Waals surface area contributed by atoms with Crippen LogP contribution in [0.15, 0.2) is 72.8 Å². The second kappa shape index (κ2) is 8.44. The molecule has 1 aromatic heterocycles. The highest BCUT2D eigenvalue weighted by atomic mass is 32.1. The Morgan fingerprint density at radius 2 is 1.66 bits per heavy atom. The van der Waals surface area contributed by atoms with Gasteiger partial charge >= 0.3 is 0 Å². The highest BCUT2D eigenvalue weighted by Gasteiger charge is 2.49. The molecular weight excluding hydrogens is 414 g/mol. The van der Waals surface area contributed by atoms with Gasteiger partial charge in [0.15, 0.2) is 0 Å². The lowest BCUT2D eigenvalue weighted by atomic mass is 9.89. The summed E-state index contributed by atoms with van der Waals surface area (Å²) >= 11 is 1.82. The third kappa shape index (κ3) is 3.69. The van der Waals surface area contributed by atoms with Crippen molar-refractivity contribution in [1.82, 2.24) is 4.98 Å². The van der Waals surface area contributed by atoms with Gasteiger partial charge in [0.2, 0.25) is 0 Å². The number of benzene rings is 3. The number of aryl methyl sites for hydroxylation is 1. The first-order valence-corrected chi connectivity index (χ1v) is 11.8. The largest absolute Gasteiger partial charge is 0.497 e. The number of aromatic nitrogens is 1. The van der Waals surface area contributed by atoms with E-state index in [2.05, 4.69) is 61.5 Å². The highest BCUT2D eigenvalue weighted by Crippen LogP contribution is 2.56. The molecule has 4 aromatic rings. The molecule has 0 unspecified atom stereocenters. The molecule has 0 atom stereocenters. The zero-order chi connectivity index (χ0) is 22.1. The van der Waals surface area contributed by atoms with Crippen molar-refractivity contribution in [2.45, 2.75) is 31.6 Å². The van der Waals surface area contributed by atoms with Gasteiger partial charge < -0.3 is 9.47 Å². The van der Waals surface area contributed by atoms with E-state index >= 15 is 0 Å². The number of ether oxygens (including phenoxy) is 2. The lowest BCUT2D eigenvalue weighted by Crippen LogP contribution is -2.12. The Kier molecular flexibility index (Phi) is 5.48. The van der Waals surface area contributed by atoms with Crippen LogP contribution < -0.4 is 9.47 Å². The number of methoxy groups -OCH3 is 2. The van der Waals surface area contributed by atoms with Crippen LogP contribution in [-0.2, 0) is 11.8 Å². The van der Waals surface area contributed by atoms with Crippen LogP contribution in [0.5, 0.6) is 11.5 Å². The van der Waals surface area contributed by atoms with Crippen molar-refractivity contribution in [1.29, 1.82) is 0 Å². The third-order valence-corrected chi connectivity index (χ3v) is 7.57. The van der Waals surface area contributed by atoms with E-state index in [1.807, 2.05) is 29.5 Å². The van der Waals surface area contributed by atoms with Crippen LogP contribution in [0.4, 0.5) is 0 Å². The van der Waals surface area contributed by atoms with Gasteiger partial charge in [-0.3, -0.25) is 0 Å². The smallest absolute Gasteiger partial charge is 0.131 e. The Balaban J connectivity index is 1.54. The number of hydrogen-bond donors (Lipinski definition) is 0. The Bertz CT molecular complexity index is 1240. The fourth-order valence-corrected chi connectivity index (χ4v) is 5.71. The van der Waals surface area contributed by atoms with Gasteiger partial charge in [0, 0.05) is 21.9 Å². The summed E-state index contributed by atoms with van der Waals surface area (Å²) in [5.74, 6) is 1.57. The van der Waals surface area contributed by atoms with E-state index in [0.717, 1.165) is 42.0 Å². The van der Waals surface area contributed by atoms with Crippen molar-refractivity contribution >= 4 is 11.3 Å². The summed E-state index contributed by atoms with van der Waals surface area (Å²) in [5, 5.41) is 1.21. The fourth-order valence-electron chi connectivity index (χ4n) is 4.53. The third-order valence-electron chi connectivity index (χ3n) is 6.39. The first kappa shape index (κ1) is 20.8. The van der Waals surface area contributed by atoms with Crippen molar-refractivity contribution in [3.05, 3.63) is 99.4 Å². The molecule has 3 nitrogen and oxygen atoms in total. The van der Waals surface area contributed by atoms with E-state index in [9.17, 15) is 0 Å². The molecule has 0 amide bonds. The average Bonchev–Trinajstić information content (AvgIpc) is 3.55. The summed E-state index contributed by atoms with van der Waals surface area (Å²) in [6.45, 7) is 2.16. The molecule has 1 heterocycles. The summed E-state index contributed by atoms with van der Waals surface area (Å²) in [5.41, 5.74) is 6.21. The van der Waals surface area contributed by atoms with Gasteiger partial charge in [-0.1, -0.05) is 54.6 Å². The van der Waals surface area contributed by atoms with Crippen LogP contribution >= 0.6 is 11.3 Å². The molecule has 0 N–H and O–H groups in total. The van der Waals surface area contributed by atoms with Gasteiger partial charge in [0.05, 0.1) is 19.9 Å². The monoisotopic (exact) mass is 441 g/mol. The van der Waals surface area contributed by atoms with E-state index in [1.54, 1.807) is 14.2 Å². The van der Waals surface area contributed by atoms with Gasteiger partial charge in [-0.15, -0.1) is 11.3 Å². The lowest BCUT2D eigenvalue weighted by Gasteiger charge is -2.18. The van der Waals surface area contributed by atoms with Crippen molar-refractivity contribution in [3.63, 3.8) is 0 Å². The molecule has 0 saturated heterocycles. The van der Waals surface area contributed by atoms with E-state index in [1.165, 1.54) is 26.6 Å². The Morgan fingerprint density at radius 3 is 2.38 bits per heavy atom. The van der Waals surface area contributed by atoms with Crippen molar-refractivity contribution in [3.8, 4) is 22.8 Å². The Labute approximate surface area is 193 Å². The van der Waals surface area contributed by atoms with Crippen LogP contribution in [0.25, 0.3) is 11.3 Å². The molecule has 5 rings (SSSR count). The molecular formula is C28H27NO2S. The van der Waals surface area contributed by atoms with Crippen molar-refractivity contribution in [2.24, 2.45) is 0 Å². The molecule has 0 spiro atoms. The first-order valence-electron chi connectivity index (χ1n) is 11.0. The maximum Gasteiger partial charge on any atom is 0.131 e. The van der Waals surface area contributed by atoms with Crippen LogP contribution in [0.1, 0.15) is 39.4 Å². The second-order valence-electron chi connectivity index (χ2n) is 8.39. The molecule has 1 aliphatic rings. The van der Waals surface area contributed by atoms with Crippen molar-refractivity contribution < 1.29 is 9.47 Å². The lowest BCUT2D eigenvalue weighted by molar-refractivity contribution is 0.395. The van der Waals surface area contributed by atoms with E-state index < -0.39 is 0 Å². The zero-order valence-electron chi connectivity index (χ0n) is 18.7. The van der Waals surface area contributed by atoms with Crippen molar-refractivity contribution in [2.75, 3.05) is 14.2 Å². The van der Waals surface area contributed by atoms with Crippen LogP contribution in [-0.4, -0.2) is 19.2 Å². The molecule has 32 heavy (non-hydrogen) atoms. The summed E-state index contributed by atoms with van der Waals surface area (Å²) in [6.07, 6.45) is 3.23. The molecule has 3 aromatic carbocycles. The van der Waals surface area contributed by atoms with Gasteiger partial charge in [-0.2, -0.15) is 0 Å². The minimum absolute atomic E-state index is 0.0265. The molecule has 1 aliphatic carbocycles. The summed E-state index contributed by atoms with van der Waals surface area (Å²) in [4.78, 5) is 6.42. The van der Waals surface area contributed by atoms with Gasteiger partial charge in [0.25, 0.3) is 0 Å². The zero-order valence-corrected chi connectivity index (χ0v) is 19.5. The standard InChI is InChI=1S/C28H27NO2S/c1-19-26(23-14-13-22(30-2)18-25(23)31-3)29-27(32-19)28(15-16-28)24-12-8-7-11-21(24)17-20-9-5-4-6-10-20/h4-14,18H,15-17H2,1-3H3. The number of thiazole rings is 1. The number of rotatable bonds is 7. The fraction of sp³-hybridized carbons (Fsp3) is 0.250. The second-order valence-corrected chi connectivity index (χ2v) is 9.59. The molecule has 1 saturated carbocycles. The van der Waals surface area contributed by atoms with E-state index in [4.69, 9.17) is 14.5 Å². The molecule has 162 valence electrons. The van der Waals surface area contributed by atoms with Crippen LogP contribution in [0, 0.1) is 6.92 Å². The quantitative estimate of drug-likeness (QED) is 0.316. The minimum atomic E-state index is 0.0265. The number of hydrogen-bond acceptors (Lipinski definition) is 4. The molecule has 0 aliphatic heterocycles. The maximum atomic E-state index is 5.66. The van der Waals surface area contributed by atoms with Gasteiger partial charge in [0.1, 0.15) is 16.5 Å². The SMILES string of the molecule is COc1ccc(-c2nc(C3(c4ccccc4Cc4ccccc4)CC3)sc2C)c(OC)c1. The Hall–Kier alpha value is -3.11. The van der Waals surface area contributed by atoms with Crippen LogP contribution in [0.2, 0.25) is 0 Å². The number of nitrogens with zero attached hydrogens (tertiary/aromatic N) is 1.